The van der Waals surface area contributed by atoms with Gasteiger partial charge < -0.3 is 4.42 Å². The summed E-state index contributed by atoms with van der Waals surface area (Å²) in [4.78, 5) is 4.24. The number of pyridine rings is 1. The monoisotopic (exact) mass is 213 g/mol. The topological polar surface area (TPSA) is 54.7 Å². The molecule has 0 spiro atoms. The number of aromatic nitrogens is 3. The van der Waals surface area contributed by atoms with Crippen molar-refractivity contribution in [3.8, 4) is 11.6 Å². The van der Waals surface area contributed by atoms with Crippen LogP contribution in [0.5, 0.6) is 0 Å². The van der Waals surface area contributed by atoms with Gasteiger partial charge in [-0.25, -0.2) is 10.1 Å². The summed E-state index contributed by atoms with van der Waals surface area (Å²) >= 11 is 10.4. The molecule has 0 unspecified atom stereocenters. The van der Waals surface area contributed by atoms with Gasteiger partial charge in [-0.05, 0) is 24.4 Å². The molecule has 0 aliphatic rings. The highest BCUT2D eigenvalue weighted by atomic mass is 35.5. The van der Waals surface area contributed by atoms with E-state index in [0.29, 0.717) is 16.6 Å². The summed E-state index contributed by atoms with van der Waals surface area (Å²) in [5, 5.41) is 6.89. The lowest BCUT2D eigenvalue weighted by molar-refractivity contribution is 0.550. The maximum absolute atomic E-state index is 5.66. The molecule has 0 amide bonds. The van der Waals surface area contributed by atoms with Crippen molar-refractivity contribution in [3.63, 3.8) is 0 Å². The molecule has 0 bridgehead atoms. The van der Waals surface area contributed by atoms with Crippen LogP contribution in [0.3, 0.4) is 0 Å². The molecule has 66 valence electrons. The van der Waals surface area contributed by atoms with Crippen LogP contribution in [0.25, 0.3) is 11.6 Å². The van der Waals surface area contributed by atoms with Crippen molar-refractivity contribution in [1.29, 1.82) is 0 Å². The van der Waals surface area contributed by atoms with Crippen LogP contribution >= 0.6 is 23.8 Å². The second-order valence-corrected chi connectivity index (χ2v) is 3.09. The Morgan fingerprint density at radius 1 is 1.46 bits per heavy atom. The number of H-pyrrole nitrogens is 1. The number of hydrogen-bond acceptors (Lipinski definition) is 4. The molecule has 0 aliphatic carbocycles. The van der Waals surface area contributed by atoms with Gasteiger partial charge >= 0.3 is 0 Å². The fourth-order valence-electron chi connectivity index (χ4n) is 0.842. The maximum atomic E-state index is 5.66. The first-order valence-corrected chi connectivity index (χ1v) is 4.22. The standard InChI is InChI=1S/C7H4ClN3OS/c8-4-1-2-5(9-3-4)6-10-11-7(13)12-6/h1-3H,(H,11,13). The van der Waals surface area contributed by atoms with E-state index in [-0.39, 0.29) is 4.84 Å². The van der Waals surface area contributed by atoms with Gasteiger partial charge in [0.05, 0.1) is 5.02 Å². The molecule has 0 saturated heterocycles. The minimum atomic E-state index is 0.228. The molecule has 13 heavy (non-hydrogen) atoms. The van der Waals surface area contributed by atoms with Crippen LogP contribution in [-0.4, -0.2) is 15.2 Å². The predicted octanol–water partition coefficient (Wildman–Crippen LogP) is 2.45. The summed E-state index contributed by atoms with van der Waals surface area (Å²) in [5.74, 6) is 0.363. The quantitative estimate of drug-likeness (QED) is 0.740. The van der Waals surface area contributed by atoms with Gasteiger partial charge in [0, 0.05) is 6.20 Å². The van der Waals surface area contributed by atoms with E-state index >= 15 is 0 Å². The Bertz CT molecular complexity index is 461. The Kier molecular flexibility index (Phi) is 2.12. The molecular weight excluding hydrogens is 210 g/mol. The van der Waals surface area contributed by atoms with E-state index in [9.17, 15) is 0 Å². The first-order chi connectivity index (χ1) is 6.25. The summed E-state index contributed by atoms with van der Waals surface area (Å²) in [6.07, 6.45) is 1.52. The zero-order valence-electron chi connectivity index (χ0n) is 6.32. The first-order valence-electron chi connectivity index (χ1n) is 3.43. The van der Waals surface area contributed by atoms with E-state index in [4.69, 9.17) is 28.2 Å². The fourth-order valence-corrected chi connectivity index (χ4v) is 1.08. The van der Waals surface area contributed by atoms with Gasteiger partial charge in [0.2, 0.25) is 0 Å². The Morgan fingerprint density at radius 3 is 2.85 bits per heavy atom. The number of hydrogen-bond donors (Lipinski definition) is 1. The maximum Gasteiger partial charge on any atom is 0.284 e. The molecule has 0 aromatic carbocycles. The molecule has 0 saturated carbocycles. The van der Waals surface area contributed by atoms with E-state index in [1.165, 1.54) is 6.20 Å². The SMILES string of the molecule is S=c1[nH]nc(-c2ccc(Cl)cn2)o1. The third-order valence-electron chi connectivity index (χ3n) is 1.38. The van der Waals surface area contributed by atoms with Crippen molar-refractivity contribution in [1.82, 2.24) is 15.2 Å². The fraction of sp³-hybridized carbons (Fsp3) is 0. The van der Waals surface area contributed by atoms with Crippen molar-refractivity contribution in [3.05, 3.63) is 28.2 Å². The molecule has 4 nitrogen and oxygen atoms in total. The summed E-state index contributed by atoms with van der Waals surface area (Å²) < 4.78 is 5.05. The van der Waals surface area contributed by atoms with Crippen LogP contribution in [0.1, 0.15) is 0 Å². The van der Waals surface area contributed by atoms with E-state index in [1.807, 2.05) is 0 Å². The lowest BCUT2D eigenvalue weighted by atomic mass is 10.3. The molecule has 0 atom stereocenters. The van der Waals surface area contributed by atoms with Gasteiger partial charge in [0.15, 0.2) is 0 Å². The normalized spacial score (nSPS) is 10.2. The third kappa shape index (κ3) is 1.76. The Labute approximate surface area is 83.6 Å². The van der Waals surface area contributed by atoms with Crippen molar-refractivity contribution in [2.24, 2.45) is 0 Å². The molecule has 6 heteroatoms. The van der Waals surface area contributed by atoms with Crippen LogP contribution < -0.4 is 0 Å². The lowest BCUT2D eigenvalue weighted by Gasteiger charge is -1.91. The zero-order valence-corrected chi connectivity index (χ0v) is 7.89. The van der Waals surface area contributed by atoms with Crippen LogP contribution in [0, 0.1) is 4.84 Å². The summed E-state index contributed by atoms with van der Waals surface area (Å²) in [6.45, 7) is 0. The summed E-state index contributed by atoms with van der Waals surface area (Å²) in [5.41, 5.74) is 0.594. The average Bonchev–Trinajstić information content (AvgIpc) is 2.53. The molecule has 1 N–H and O–H groups in total. The van der Waals surface area contributed by atoms with Crippen molar-refractivity contribution in [2.45, 2.75) is 0 Å². The van der Waals surface area contributed by atoms with Crippen molar-refractivity contribution >= 4 is 23.8 Å². The van der Waals surface area contributed by atoms with Gasteiger partial charge in [-0.2, -0.15) is 0 Å². The minimum Gasteiger partial charge on any atom is -0.408 e. The molecule has 0 aliphatic heterocycles. The average molecular weight is 214 g/mol. The number of halogens is 1. The lowest BCUT2D eigenvalue weighted by Crippen LogP contribution is -1.81. The molecular formula is C7H4ClN3OS. The molecule has 2 aromatic rings. The number of aromatic amines is 1. The molecule has 0 radical (unpaired) electrons. The highest BCUT2D eigenvalue weighted by Gasteiger charge is 2.04. The minimum absolute atomic E-state index is 0.228. The van der Waals surface area contributed by atoms with Crippen LogP contribution in [0.4, 0.5) is 0 Å². The molecule has 2 rings (SSSR count). The summed E-state index contributed by atoms with van der Waals surface area (Å²) in [6, 6.07) is 3.41. The number of nitrogens with one attached hydrogen (secondary N) is 1. The first kappa shape index (κ1) is 8.40. The van der Waals surface area contributed by atoms with E-state index in [0.717, 1.165) is 0 Å². The second kappa shape index (κ2) is 3.27. The van der Waals surface area contributed by atoms with E-state index in [2.05, 4.69) is 15.2 Å². The number of rotatable bonds is 1. The second-order valence-electron chi connectivity index (χ2n) is 2.28. The largest absolute Gasteiger partial charge is 0.408 e. The Morgan fingerprint density at radius 2 is 2.31 bits per heavy atom. The third-order valence-corrected chi connectivity index (χ3v) is 1.78. The van der Waals surface area contributed by atoms with E-state index in [1.54, 1.807) is 12.1 Å². The van der Waals surface area contributed by atoms with Gasteiger partial charge in [-0.3, -0.25) is 0 Å². The van der Waals surface area contributed by atoms with Gasteiger partial charge in [-0.1, -0.05) is 11.6 Å². The predicted molar refractivity (Wildman–Crippen MR) is 49.9 cm³/mol. The highest BCUT2D eigenvalue weighted by Crippen LogP contribution is 2.15. The van der Waals surface area contributed by atoms with Gasteiger partial charge in [0.25, 0.3) is 10.7 Å². The van der Waals surface area contributed by atoms with Gasteiger partial charge in [0.1, 0.15) is 5.69 Å². The van der Waals surface area contributed by atoms with Crippen LogP contribution in [0.2, 0.25) is 5.02 Å². The van der Waals surface area contributed by atoms with Crippen LogP contribution in [0.15, 0.2) is 22.7 Å². The van der Waals surface area contributed by atoms with Crippen molar-refractivity contribution < 1.29 is 4.42 Å². The Hall–Kier alpha value is -1.20. The van der Waals surface area contributed by atoms with E-state index < -0.39 is 0 Å². The number of nitrogens with zero attached hydrogens (tertiary/aromatic N) is 2. The van der Waals surface area contributed by atoms with Crippen molar-refractivity contribution in [2.75, 3.05) is 0 Å². The Balaban J connectivity index is 2.47. The molecule has 0 fully saturated rings. The molecule has 2 aromatic heterocycles. The van der Waals surface area contributed by atoms with Crippen LogP contribution in [-0.2, 0) is 0 Å². The zero-order chi connectivity index (χ0) is 9.26. The summed E-state index contributed by atoms with van der Waals surface area (Å²) in [7, 11) is 0. The van der Waals surface area contributed by atoms with Gasteiger partial charge in [-0.15, -0.1) is 5.10 Å². The molecule has 2 heterocycles. The smallest absolute Gasteiger partial charge is 0.284 e. The highest BCUT2D eigenvalue weighted by molar-refractivity contribution is 7.71.